The number of carbonyl (C=O) groups is 1. The summed E-state index contributed by atoms with van der Waals surface area (Å²) in [6, 6.07) is 11.5. The number of nitrogens with zero attached hydrogens (tertiary/aromatic N) is 1. The third-order valence-corrected chi connectivity index (χ3v) is 6.11. The highest BCUT2D eigenvalue weighted by atomic mass is 32.2. The normalized spacial score (nSPS) is 16.2. The Balaban J connectivity index is 1.56. The number of sulfonamides is 1. The van der Waals surface area contributed by atoms with Crippen molar-refractivity contribution in [3.8, 4) is 5.75 Å². The summed E-state index contributed by atoms with van der Waals surface area (Å²) in [6.45, 7) is 2.09. The smallest absolute Gasteiger partial charge is 0.261 e. The molecular weight excluding hydrogens is 352 g/mol. The van der Waals surface area contributed by atoms with Crippen molar-refractivity contribution in [1.29, 1.82) is 0 Å². The molecule has 0 unspecified atom stereocenters. The minimum Gasteiger partial charge on any atom is -0.493 e. The number of carbonyl (C=O) groups excluding carboxylic acids is 1. The van der Waals surface area contributed by atoms with E-state index in [-0.39, 0.29) is 10.8 Å². The number of amides is 1. The highest BCUT2D eigenvalue weighted by molar-refractivity contribution is 7.92. The molecule has 2 aliphatic rings. The molecule has 0 aromatic heterocycles. The molecule has 1 N–H and O–H groups in total. The molecule has 1 fully saturated rings. The van der Waals surface area contributed by atoms with E-state index in [0.29, 0.717) is 24.3 Å². The lowest BCUT2D eigenvalue weighted by Crippen LogP contribution is -2.27. The van der Waals surface area contributed by atoms with Gasteiger partial charge in [-0.15, -0.1) is 0 Å². The zero-order chi connectivity index (χ0) is 18.1. The Morgan fingerprint density at radius 3 is 2.69 bits per heavy atom. The van der Waals surface area contributed by atoms with Gasteiger partial charge in [-0.3, -0.25) is 9.52 Å². The zero-order valence-corrected chi connectivity index (χ0v) is 15.1. The summed E-state index contributed by atoms with van der Waals surface area (Å²) < 4.78 is 33.4. The van der Waals surface area contributed by atoms with E-state index < -0.39 is 10.0 Å². The number of benzene rings is 2. The van der Waals surface area contributed by atoms with Gasteiger partial charge >= 0.3 is 0 Å². The fraction of sp³-hybridized carbons (Fsp3) is 0.316. The van der Waals surface area contributed by atoms with Crippen LogP contribution in [-0.2, 0) is 16.4 Å². The maximum absolute atomic E-state index is 12.7. The quantitative estimate of drug-likeness (QED) is 0.895. The van der Waals surface area contributed by atoms with Crippen molar-refractivity contribution in [2.45, 2.75) is 24.2 Å². The van der Waals surface area contributed by atoms with E-state index in [1.54, 1.807) is 41.3 Å². The molecule has 2 aromatic rings. The Bertz CT molecular complexity index is 950. The highest BCUT2D eigenvalue weighted by Gasteiger charge is 2.22. The van der Waals surface area contributed by atoms with Crippen molar-refractivity contribution in [3.63, 3.8) is 0 Å². The van der Waals surface area contributed by atoms with Gasteiger partial charge in [-0.2, -0.15) is 0 Å². The van der Waals surface area contributed by atoms with Crippen LogP contribution in [0.15, 0.2) is 47.4 Å². The Hall–Kier alpha value is -2.54. The van der Waals surface area contributed by atoms with Crippen LogP contribution < -0.4 is 9.46 Å². The van der Waals surface area contributed by atoms with Gasteiger partial charge in [0, 0.05) is 30.8 Å². The fourth-order valence-electron chi connectivity index (χ4n) is 3.36. The molecule has 2 aliphatic heterocycles. The summed E-state index contributed by atoms with van der Waals surface area (Å²) in [6.07, 6.45) is 2.73. The summed E-state index contributed by atoms with van der Waals surface area (Å²) in [5.41, 5.74) is 1.77. The van der Waals surface area contributed by atoms with Crippen molar-refractivity contribution >= 4 is 21.6 Å². The summed E-state index contributed by atoms with van der Waals surface area (Å²) in [4.78, 5) is 14.5. The lowest BCUT2D eigenvalue weighted by atomic mass is 10.2. The molecule has 2 heterocycles. The number of fused-ring (bicyclic) bond motifs is 1. The standard InChI is InChI=1S/C19H20N2O4S/c22-19(21-9-1-2-10-21)15-4-3-5-16(12-15)20-26(23,24)17-6-7-18-14(13-17)8-11-25-18/h3-7,12-13,20H,1-2,8-11H2. The molecule has 0 saturated carbocycles. The van der Waals surface area contributed by atoms with Crippen LogP contribution in [0.25, 0.3) is 0 Å². The van der Waals surface area contributed by atoms with Crippen LogP contribution in [0, 0.1) is 0 Å². The second-order valence-corrected chi connectivity index (χ2v) is 8.24. The van der Waals surface area contributed by atoms with Crippen molar-refractivity contribution in [1.82, 2.24) is 4.90 Å². The average Bonchev–Trinajstić information content (AvgIpc) is 3.32. The van der Waals surface area contributed by atoms with Crippen LogP contribution >= 0.6 is 0 Å². The summed E-state index contributed by atoms with van der Waals surface area (Å²) >= 11 is 0. The minimum absolute atomic E-state index is 0.0572. The van der Waals surface area contributed by atoms with Gasteiger partial charge in [-0.25, -0.2) is 8.42 Å². The van der Waals surface area contributed by atoms with Crippen molar-refractivity contribution in [3.05, 3.63) is 53.6 Å². The topological polar surface area (TPSA) is 75.7 Å². The molecule has 1 saturated heterocycles. The molecule has 7 heteroatoms. The van der Waals surface area contributed by atoms with Gasteiger partial charge in [0.15, 0.2) is 0 Å². The maximum Gasteiger partial charge on any atom is 0.261 e. The summed E-state index contributed by atoms with van der Waals surface area (Å²) in [5.74, 6) is 0.681. The lowest BCUT2D eigenvalue weighted by Gasteiger charge is -2.16. The first-order chi connectivity index (χ1) is 12.5. The van der Waals surface area contributed by atoms with Crippen LogP contribution in [0.3, 0.4) is 0 Å². The average molecular weight is 372 g/mol. The summed E-state index contributed by atoms with van der Waals surface area (Å²) in [7, 11) is -3.73. The van der Waals surface area contributed by atoms with Crippen LogP contribution in [0.2, 0.25) is 0 Å². The molecule has 0 aliphatic carbocycles. The Labute approximate surface area is 152 Å². The number of hydrogen-bond acceptors (Lipinski definition) is 4. The molecule has 136 valence electrons. The monoisotopic (exact) mass is 372 g/mol. The molecule has 1 amide bonds. The third kappa shape index (κ3) is 3.26. The molecule has 0 bridgehead atoms. The second kappa shape index (κ2) is 6.64. The largest absolute Gasteiger partial charge is 0.493 e. The van der Waals surface area contributed by atoms with E-state index in [9.17, 15) is 13.2 Å². The van der Waals surface area contributed by atoms with Crippen LogP contribution in [0.4, 0.5) is 5.69 Å². The number of likely N-dealkylation sites (tertiary alicyclic amines) is 1. The maximum atomic E-state index is 12.7. The molecule has 26 heavy (non-hydrogen) atoms. The van der Waals surface area contributed by atoms with Crippen molar-refractivity contribution in [2.75, 3.05) is 24.4 Å². The molecule has 0 atom stereocenters. The van der Waals surface area contributed by atoms with E-state index in [0.717, 1.165) is 37.2 Å². The first-order valence-corrected chi connectivity index (χ1v) is 10.2. The summed E-state index contributed by atoms with van der Waals surface area (Å²) in [5, 5.41) is 0. The molecule has 0 radical (unpaired) electrons. The van der Waals surface area contributed by atoms with Gasteiger partial charge in [-0.1, -0.05) is 6.07 Å². The van der Waals surface area contributed by atoms with Crippen molar-refractivity contribution in [2.24, 2.45) is 0 Å². The van der Waals surface area contributed by atoms with E-state index in [1.165, 1.54) is 6.07 Å². The van der Waals surface area contributed by atoms with Crippen LogP contribution in [-0.4, -0.2) is 38.9 Å². The molecule has 6 nitrogen and oxygen atoms in total. The predicted molar refractivity (Wildman–Crippen MR) is 98.0 cm³/mol. The zero-order valence-electron chi connectivity index (χ0n) is 14.3. The number of nitrogens with one attached hydrogen (secondary N) is 1. The van der Waals surface area contributed by atoms with Gasteiger partial charge in [0.05, 0.1) is 11.5 Å². The second-order valence-electron chi connectivity index (χ2n) is 6.55. The molecular formula is C19H20N2O4S. The third-order valence-electron chi connectivity index (χ3n) is 4.73. The van der Waals surface area contributed by atoms with Gasteiger partial charge in [0.1, 0.15) is 5.75 Å². The Morgan fingerprint density at radius 1 is 1.08 bits per heavy atom. The van der Waals surface area contributed by atoms with Gasteiger partial charge in [0.25, 0.3) is 15.9 Å². The molecule has 2 aromatic carbocycles. The number of hydrogen-bond donors (Lipinski definition) is 1. The predicted octanol–water partition coefficient (Wildman–Crippen LogP) is 2.66. The fourth-order valence-corrected chi connectivity index (χ4v) is 4.46. The van der Waals surface area contributed by atoms with Crippen LogP contribution in [0.1, 0.15) is 28.8 Å². The SMILES string of the molecule is O=C(c1cccc(NS(=O)(=O)c2ccc3c(c2)CCO3)c1)N1CCCC1. The highest BCUT2D eigenvalue weighted by Crippen LogP contribution is 2.28. The van der Waals surface area contributed by atoms with Crippen LogP contribution in [0.5, 0.6) is 5.75 Å². The number of anilines is 1. The Kier molecular flexibility index (Phi) is 4.32. The van der Waals surface area contributed by atoms with Gasteiger partial charge < -0.3 is 9.64 Å². The van der Waals surface area contributed by atoms with E-state index in [2.05, 4.69) is 4.72 Å². The first-order valence-electron chi connectivity index (χ1n) is 8.71. The van der Waals surface area contributed by atoms with Gasteiger partial charge in [0.2, 0.25) is 0 Å². The van der Waals surface area contributed by atoms with E-state index >= 15 is 0 Å². The number of ether oxygens (including phenoxy) is 1. The van der Waals surface area contributed by atoms with Crippen molar-refractivity contribution < 1.29 is 17.9 Å². The van der Waals surface area contributed by atoms with E-state index in [1.807, 2.05) is 0 Å². The number of rotatable bonds is 4. The minimum atomic E-state index is -3.73. The van der Waals surface area contributed by atoms with E-state index in [4.69, 9.17) is 4.74 Å². The molecule has 0 spiro atoms. The lowest BCUT2D eigenvalue weighted by molar-refractivity contribution is 0.0793. The molecule has 4 rings (SSSR count). The Morgan fingerprint density at radius 2 is 1.88 bits per heavy atom. The first kappa shape index (κ1) is 16.9. The van der Waals surface area contributed by atoms with Gasteiger partial charge in [-0.05, 0) is 54.8 Å².